The summed E-state index contributed by atoms with van der Waals surface area (Å²) in [7, 11) is -2.64. The van der Waals surface area contributed by atoms with E-state index < -0.39 is 8.25 Å². The lowest BCUT2D eigenvalue weighted by Crippen LogP contribution is -2.13. The Morgan fingerprint density at radius 1 is 1.32 bits per heavy atom. The average molecular weight is 375 g/mol. The van der Waals surface area contributed by atoms with Gasteiger partial charge in [-0.2, -0.15) is 5.26 Å². The maximum atomic E-state index is 12.4. The number of hydrogen-bond acceptors (Lipinski definition) is 5. The highest BCUT2D eigenvalue weighted by molar-refractivity contribution is 8.03. The van der Waals surface area contributed by atoms with E-state index in [1.54, 1.807) is 36.4 Å². The molecule has 25 heavy (non-hydrogen) atoms. The van der Waals surface area contributed by atoms with Crippen molar-refractivity contribution >= 4 is 31.6 Å². The number of carbonyl (C=O) groups is 1. The zero-order valence-electron chi connectivity index (χ0n) is 13.4. The predicted octanol–water partition coefficient (Wildman–Crippen LogP) is 4.24. The zero-order chi connectivity index (χ0) is 18.2. The molecule has 8 heteroatoms. The maximum absolute atomic E-state index is 12.4. The molecule has 2 rings (SSSR count). The molecule has 0 radical (unpaired) electrons. The molecule has 0 bridgehead atoms. The molecule has 2 aromatic rings. The van der Waals surface area contributed by atoms with Crippen molar-refractivity contribution in [1.29, 1.82) is 5.26 Å². The van der Waals surface area contributed by atoms with Gasteiger partial charge in [0.05, 0.1) is 0 Å². The van der Waals surface area contributed by atoms with Crippen LogP contribution < -0.4 is 5.32 Å². The molecule has 1 atom stereocenters. The molecule has 0 aliphatic carbocycles. The number of thiocyanates is 1. The van der Waals surface area contributed by atoms with E-state index in [2.05, 4.69) is 9.84 Å². The van der Waals surface area contributed by atoms with E-state index in [0.717, 1.165) is 28.6 Å². The monoisotopic (exact) mass is 375 g/mol. The molecule has 1 amide bonds. The summed E-state index contributed by atoms with van der Waals surface area (Å²) in [4.78, 5) is 21.8. The summed E-state index contributed by atoms with van der Waals surface area (Å²) in [5, 5.41) is 13.6. The molecule has 0 aliphatic heterocycles. The Labute approximate surface area is 150 Å². The summed E-state index contributed by atoms with van der Waals surface area (Å²) < 4.78 is 15.1. The van der Waals surface area contributed by atoms with Crippen LogP contribution in [0.2, 0.25) is 0 Å². The third-order valence-electron chi connectivity index (χ3n) is 3.43. The van der Waals surface area contributed by atoms with E-state index in [9.17, 15) is 9.36 Å². The molecule has 0 saturated carbocycles. The van der Waals surface area contributed by atoms with Gasteiger partial charge in [0.1, 0.15) is 12.0 Å². The number of hydrogen-bond donors (Lipinski definition) is 2. The van der Waals surface area contributed by atoms with Crippen LogP contribution in [-0.2, 0) is 22.1 Å². The molecule has 2 aromatic carbocycles. The van der Waals surface area contributed by atoms with Crippen LogP contribution in [0.25, 0.3) is 0 Å². The molecule has 6 nitrogen and oxygen atoms in total. The molecule has 0 aliphatic rings. The van der Waals surface area contributed by atoms with Crippen molar-refractivity contribution in [2.75, 3.05) is 5.32 Å². The minimum atomic E-state index is -2.64. The lowest BCUT2D eigenvalue weighted by atomic mass is 10.1. The van der Waals surface area contributed by atoms with Crippen LogP contribution in [0.5, 0.6) is 0 Å². The van der Waals surface area contributed by atoms with Crippen LogP contribution in [0.3, 0.4) is 0 Å². The van der Waals surface area contributed by atoms with Crippen molar-refractivity contribution in [1.82, 2.24) is 0 Å². The Kier molecular flexibility index (Phi) is 7.11. The first kappa shape index (κ1) is 19.1. The van der Waals surface area contributed by atoms with Crippen LogP contribution in [0, 0.1) is 10.7 Å². The number of nitrogens with one attached hydrogen (secondary N) is 1. The Bertz CT molecular complexity index is 818. The third kappa shape index (κ3) is 5.66. The first-order valence-corrected chi connectivity index (χ1v) is 9.36. The molecule has 1 unspecified atom stereocenters. The second kappa shape index (κ2) is 9.30. The van der Waals surface area contributed by atoms with Gasteiger partial charge in [-0.25, -0.2) is 0 Å². The van der Waals surface area contributed by atoms with Gasteiger partial charge < -0.3 is 5.32 Å². The van der Waals surface area contributed by atoms with Gasteiger partial charge in [0, 0.05) is 20.7 Å². The van der Waals surface area contributed by atoms with Gasteiger partial charge in [0.15, 0.2) is 0 Å². The topological polar surface area (TPSA) is 99.4 Å². The van der Waals surface area contributed by atoms with E-state index in [1.807, 2.05) is 18.4 Å². The number of benzene rings is 2. The van der Waals surface area contributed by atoms with Gasteiger partial charge in [-0.15, -0.1) is 9.42 Å². The minimum absolute atomic E-state index is 0.00556. The maximum Gasteiger partial charge on any atom is 0.695 e. The number of rotatable bonds is 7. The van der Waals surface area contributed by atoms with E-state index in [0.29, 0.717) is 16.8 Å². The van der Waals surface area contributed by atoms with Crippen molar-refractivity contribution in [2.45, 2.75) is 24.8 Å². The zero-order valence-corrected chi connectivity index (χ0v) is 15.1. The van der Waals surface area contributed by atoms with Crippen molar-refractivity contribution in [3.63, 3.8) is 0 Å². The summed E-state index contributed by atoms with van der Waals surface area (Å²) in [5.74, 6) is -0.254. The number of nitrogens with zero attached hydrogens (tertiary/aromatic N) is 1. The smallest absolute Gasteiger partial charge is 0.322 e. The fourth-order valence-corrected chi connectivity index (χ4v) is 2.88. The van der Waals surface area contributed by atoms with E-state index >= 15 is 0 Å². The van der Waals surface area contributed by atoms with Crippen molar-refractivity contribution in [3.8, 4) is 5.40 Å². The molecular weight excluding hydrogens is 359 g/mol. The number of nitriles is 1. The van der Waals surface area contributed by atoms with E-state index in [-0.39, 0.29) is 12.5 Å². The summed E-state index contributed by atoms with van der Waals surface area (Å²) in [6.45, 7) is 1.98. The SMILES string of the molecule is CCc1cc(SC#N)ccc1NC(=O)c1ccc(CO[P+](=O)O)cc1. The van der Waals surface area contributed by atoms with Crippen molar-refractivity contribution < 1.29 is 18.8 Å². The number of aryl methyl sites for hydroxylation is 1. The van der Waals surface area contributed by atoms with Crippen LogP contribution >= 0.6 is 20.0 Å². The van der Waals surface area contributed by atoms with E-state index in [4.69, 9.17) is 10.2 Å². The molecule has 128 valence electrons. The molecule has 0 fully saturated rings. The normalized spacial score (nSPS) is 10.8. The molecular formula is C17H16N2O4PS+. The average Bonchev–Trinajstić information content (AvgIpc) is 2.61. The molecule has 0 aromatic heterocycles. The van der Waals surface area contributed by atoms with Gasteiger partial charge in [-0.3, -0.25) is 4.79 Å². The van der Waals surface area contributed by atoms with Crippen LogP contribution in [-0.4, -0.2) is 10.8 Å². The van der Waals surface area contributed by atoms with Crippen molar-refractivity contribution in [3.05, 3.63) is 59.2 Å². The number of anilines is 1. The molecule has 0 saturated heterocycles. The highest BCUT2D eigenvalue weighted by Gasteiger charge is 2.13. The van der Waals surface area contributed by atoms with Gasteiger partial charge in [0.25, 0.3) is 5.91 Å². The fraction of sp³-hybridized carbons (Fsp3) is 0.176. The Morgan fingerprint density at radius 3 is 2.64 bits per heavy atom. The Morgan fingerprint density at radius 2 is 2.04 bits per heavy atom. The van der Waals surface area contributed by atoms with E-state index in [1.165, 1.54) is 0 Å². The molecule has 0 spiro atoms. The van der Waals surface area contributed by atoms with Crippen LogP contribution in [0.15, 0.2) is 47.4 Å². The third-order valence-corrected chi connectivity index (χ3v) is 4.36. The van der Waals surface area contributed by atoms with Crippen LogP contribution in [0.1, 0.15) is 28.4 Å². The summed E-state index contributed by atoms with van der Waals surface area (Å²) in [6, 6.07) is 12.1. The second-order valence-electron chi connectivity index (χ2n) is 5.03. The summed E-state index contributed by atoms with van der Waals surface area (Å²) in [5.41, 5.74) is 2.82. The highest BCUT2D eigenvalue weighted by atomic mass is 32.2. The van der Waals surface area contributed by atoms with Gasteiger partial charge in [0.2, 0.25) is 0 Å². The van der Waals surface area contributed by atoms with Crippen molar-refractivity contribution in [2.24, 2.45) is 0 Å². The lowest BCUT2D eigenvalue weighted by molar-refractivity contribution is 0.102. The standard InChI is InChI=1S/C17H15N2O4PS/c1-2-13-9-15(25-11-18)7-8-16(13)19-17(20)14-5-3-12(4-6-14)10-23-24(21)22/h3-9H,2,10H2,1H3,(H-,19,20,21,22)/p+1. The van der Waals surface area contributed by atoms with Gasteiger partial charge >= 0.3 is 8.25 Å². The van der Waals surface area contributed by atoms with Crippen LogP contribution in [0.4, 0.5) is 5.69 Å². The minimum Gasteiger partial charge on any atom is -0.322 e. The predicted molar refractivity (Wildman–Crippen MR) is 96.3 cm³/mol. The number of amides is 1. The first-order valence-electron chi connectivity index (χ1n) is 7.41. The fourth-order valence-electron chi connectivity index (χ4n) is 2.18. The first-order chi connectivity index (χ1) is 12.0. The quantitative estimate of drug-likeness (QED) is 0.427. The number of carbonyl (C=O) groups excluding carboxylic acids is 1. The van der Waals surface area contributed by atoms with Gasteiger partial charge in [-0.05, 0) is 59.6 Å². The summed E-state index contributed by atoms with van der Waals surface area (Å²) >= 11 is 1.08. The lowest BCUT2D eigenvalue weighted by Gasteiger charge is -2.11. The van der Waals surface area contributed by atoms with Gasteiger partial charge in [-0.1, -0.05) is 19.1 Å². The molecule has 0 heterocycles. The Hall–Kier alpha value is -2.23. The second-order valence-corrected chi connectivity index (χ2v) is 6.62. The molecule has 2 N–H and O–H groups in total. The highest BCUT2D eigenvalue weighted by Crippen LogP contribution is 2.25. The Balaban J connectivity index is 2.09. The summed E-state index contributed by atoms with van der Waals surface area (Å²) in [6.07, 6.45) is 0.727. The largest absolute Gasteiger partial charge is 0.695 e. The number of thioether (sulfide) groups is 1.